The highest BCUT2D eigenvalue weighted by molar-refractivity contribution is 7.89. The molecule has 78 valence electrons. The minimum atomic E-state index is -3.31. The van der Waals surface area contributed by atoms with E-state index >= 15 is 0 Å². The van der Waals surface area contributed by atoms with Gasteiger partial charge in [0.25, 0.3) is 0 Å². The maximum atomic E-state index is 11.6. The fraction of sp³-hybridized carbons (Fsp3) is 0.333. The van der Waals surface area contributed by atoms with Gasteiger partial charge in [-0.15, -0.1) is 11.6 Å². The van der Waals surface area contributed by atoms with Crippen LogP contribution in [0.3, 0.4) is 0 Å². The fourth-order valence-corrected chi connectivity index (χ4v) is 2.04. The molecule has 1 rings (SSSR count). The molecule has 0 aliphatic heterocycles. The molecule has 0 N–H and O–H groups in total. The van der Waals surface area contributed by atoms with E-state index in [4.69, 9.17) is 11.6 Å². The number of benzene rings is 1. The van der Waals surface area contributed by atoms with Crippen LogP contribution in [0.1, 0.15) is 5.56 Å². The van der Waals surface area contributed by atoms with Gasteiger partial charge in [-0.25, -0.2) is 12.7 Å². The molecule has 1 aromatic rings. The summed E-state index contributed by atoms with van der Waals surface area (Å²) in [7, 11) is -0.302. The van der Waals surface area contributed by atoms with Crippen LogP contribution in [0.25, 0.3) is 0 Å². The second-order valence-corrected chi connectivity index (χ2v) is 5.48. The number of hydrogen-bond acceptors (Lipinski definition) is 2. The molecule has 1 aromatic carbocycles. The minimum absolute atomic E-state index is 0.288. The third kappa shape index (κ3) is 2.26. The van der Waals surface area contributed by atoms with E-state index < -0.39 is 10.0 Å². The zero-order chi connectivity index (χ0) is 10.8. The third-order valence-corrected chi connectivity index (χ3v) is 3.99. The molecule has 0 radical (unpaired) electrons. The summed E-state index contributed by atoms with van der Waals surface area (Å²) in [5, 5.41) is 0. The van der Waals surface area contributed by atoms with Crippen molar-refractivity contribution in [1.29, 1.82) is 0 Å². The van der Waals surface area contributed by atoms with Crippen molar-refractivity contribution in [2.45, 2.75) is 10.8 Å². The summed E-state index contributed by atoms with van der Waals surface area (Å²) in [6.07, 6.45) is 0. The van der Waals surface area contributed by atoms with Crippen LogP contribution >= 0.6 is 11.6 Å². The van der Waals surface area contributed by atoms with Gasteiger partial charge in [0.1, 0.15) is 0 Å². The highest BCUT2D eigenvalue weighted by atomic mass is 35.5. The van der Waals surface area contributed by atoms with E-state index in [2.05, 4.69) is 0 Å². The molecule has 0 saturated heterocycles. The lowest BCUT2D eigenvalue weighted by atomic mass is 10.2. The first-order valence-corrected chi connectivity index (χ1v) is 6.03. The van der Waals surface area contributed by atoms with Crippen LogP contribution in [0.15, 0.2) is 29.2 Å². The first-order valence-electron chi connectivity index (χ1n) is 4.06. The van der Waals surface area contributed by atoms with Crippen molar-refractivity contribution in [2.75, 3.05) is 14.1 Å². The molecule has 0 aliphatic rings. The SMILES string of the molecule is CN(C)S(=O)(=O)c1ccc(CCl)cc1. The first kappa shape index (κ1) is 11.5. The number of rotatable bonds is 3. The highest BCUT2D eigenvalue weighted by Crippen LogP contribution is 2.14. The summed E-state index contributed by atoms with van der Waals surface area (Å²) in [6, 6.07) is 6.55. The van der Waals surface area contributed by atoms with Gasteiger partial charge in [-0.1, -0.05) is 12.1 Å². The quantitative estimate of drug-likeness (QED) is 0.745. The summed E-state index contributed by atoms with van der Waals surface area (Å²) >= 11 is 5.60. The van der Waals surface area contributed by atoms with Crippen LogP contribution in [0.2, 0.25) is 0 Å². The second kappa shape index (κ2) is 4.29. The van der Waals surface area contributed by atoms with E-state index in [1.807, 2.05) is 0 Å². The molecule has 0 unspecified atom stereocenters. The van der Waals surface area contributed by atoms with Gasteiger partial charge < -0.3 is 0 Å². The normalized spacial score (nSPS) is 12.0. The van der Waals surface area contributed by atoms with E-state index in [1.165, 1.54) is 18.4 Å². The van der Waals surface area contributed by atoms with Gasteiger partial charge in [0.05, 0.1) is 4.90 Å². The molecule has 0 amide bonds. The lowest BCUT2D eigenvalue weighted by Crippen LogP contribution is -2.22. The number of sulfonamides is 1. The number of alkyl halides is 1. The largest absolute Gasteiger partial charge is 0.242 e. The maximum Gasteiger partial charge on any atom is 0.242 e. The Morgan fingerprint density at radius 2 is 1.71 bits per heavy atom. The Balaban J connectivity index is 3.10. The van der Waals surface area contributed by atoms with Gasteiger partial charge in [-0.05, 0) is 17.7 Å². The van der Waals surface area contributed by atoms with Gasteiger partial charge >= 0.3 is 0 Å². The molecule has 0 heterocycles. The van der Waals surface area contributed by atoms with Gasteiger partial charge in [0, 0.05) is 20.0 Å². The Kier molecular flexibility index (Phi) is 3.53. The van der Waals surface area contributed by atoms with Crippen LogP contribution in [0.4, 0.5) is 0 Å². The Hall–Kier alpha value is -0.580. The smallest absolute Gasteiger partial charge is 0.207 e. The summed E-state index contributed by atoms with van der Waals surface area (Å²) in [5.41, 5.74) is 0.907. The topological polar surface area (TPSA) is 37.4 Å². The molecule has 5 heteroatoms. The lowest BCUT2D eigenvalue weighted by Gasteiger charge is -2.11. The predicted molar refractivity (Wildman–Crippen MR) is 56.9 cm³/mol. The number of nitrogens with zero attached hydrogens (tertiary/aromatic N) is 1. The van der Waals surface area contributed by atoms with E-state index in [9.17, 15) is 8.42 Å². The van der Waals surface area contributed by atoms with Gasteiger partial charge in [-0.2, -0.15) is 0 Å². The molecule has 0 bridgehead atoms. The zero-order valence-electron chi connectivity index (χ0n) is 8.07. The van der Waals surface area contributed by atoms with E-state index in [-0.39, 0.29) is 4.90 Å². The summed E-state index contributed by atoms with van der Waals surface area (Å²) in [6.45, 7) is 0. The molecular formula is C9H12ClNO2S. The van der Waals surface area contributed by atoms with Crippen LogP contribution in [-0.2, 0) is 15.9 Å². The summed E-state index contributed by atoms with van der Waals surface area (Å²) in [5.74, 6) is 0.391. The summed E-state index contributed by atoms with van der Waals surface area (Å²) < 4.78 is 24.4. The molecule has 14 heavy (non-hydrogen) atoms. The predicted octanol–water partition coefficient (Wildman–Crippen LogP) is 1.68. The Bertz CT molecular complexity index is 397. The monoisotopic (exact) mass is 233 g/mol. The standard InChI is InChI=1S/C9H12ClNO2S/c1-11(2)14(12,13)9-5-3-8(7-10)4-6-9/h3-6H,7H2,1-2H3. The van der Waals surface area contributed by atoms with E-state index in [0.717, 1.165) is 5.56 Å². The van der Waals surface area contributed by atoms with E-state index in [0.29, 0.717) is 5.88 Å². The van der Waals surface area contributed by atoms with Crippen molar-refractivity contribution >= 4 is 21.6 Å². The minimum Gasteiger partial charge on any atom is -0.207 e. The Labute approximate surface area is 89.4 Å². The van der Waals surface area contributed by atoms with Crippen molar-refractivity contribution in [3.8, 4) is 0 Å². The van der Waals surface area contributed by atoms with Crippen molar-refractivity contribution in [3.05, 3.63) is 29.8 Å². The Morgan fingerprint density at radius 1 is 1.21 bits per heavy atom. The molecular weight excluding hydrogens is 222 g/mol. The molecule has 3 nitrogen and oxygen atoms in total. The molecule has 0 aliphatic carbocycles. The number of hydrogen-bond donors (Lipinski definition) is 0. The maximum absolute atomic E-state index is 11.6. The van der Waals surface area contributed by atoms with Crippen molar-refractivity contribution in [2.24, 2.45) is 0 Å². The van der Waals surface area contributed by atoms with Crippen LogP contribution in [0, 0.1) is 0 Å². The average molecular weight is 234 g/mol. The molecule has 0 atom stereocenters. The van der Waals surface area contributed by atoms with Gasteiger partial charge in [-0.3, -0.25) is 0 Å². The third-order valence-electron chi connectivity index (χ3n) is 1.86. The van der Waals surface area contributed by atoms with Gasteiger partial charge in [0.15, 0.2) is 0 Å². The summed E-state index contributed by atoms with van der Waals surface area (Å²) in [4.78, 5) is 0.288. The van der Waals surface area contributed by atoms with Crippen molar-refractivity contribution in [1.82, 2.24) is 4.31 Å². The number of halogens is 1. The van der Waals surface area contributed by atoms with Crippen molar-refractivity contribution < 1.29 is 8.42 Å². The first-order chi connectivity index (χ1) is 6.48. The highest BCUT2D eigenvalue weighted by Gasteiger charge is 2.16. The zero-order valence-corrected chi connectivity index (χ0v) is 9.64. The van der Waals surface area contributed by atoms with Crippen molar-refractivity contribution in [3.63, 3.8) is 0 Å². The van der Waals surface area contributed by atoms with Crippen LogP contribution < -0.4 is 0 Å². The average Bonchev–Trinajstić information content (AvgIpc) is 2.17. The van der Waals surface area contributed by atoms with Crippen LogP contribution in [0.5, 0.6) is 0 Å². The van der Waals surface area contributed by atoms with E-state index in [1.54, 1.807) is 24.3 Å². The molecule has 0 saturated carbocycles. The molecule has 0 aromatic heterocycles. The second-order valence-electron chi connectivity index (χ2n) is 3.07. The lowest BCUT2D eigenvalue weighted by molar-refractivity contribution is 0.521. The van der Waals surface area contributed by atoms with Crippen LogP contribution in [-0.4, -0.2) is 26.8 Å². The van der Waals surface area contributed by atoms with Gasteiger partial charge in [0.2, 0.25) is 10.0 Å². The molecule has 0 spiro atoms. The Morgan fingerprint density at radius 3 is 2.07 bits per heavy atom. The molecule has 0 fully saturated rings. The fourth-order valence-electron chi connectivity index (χ4n) is 0.961.